The predicted molar refractivity (Wildman–Crippen MR) is 316 cm³/mol. The summed E-state index contributed by atoms with van der Waals surface area (Å²) in [5, 5.41) is 0. The van der Waals surface area contributed by atoms with Crippen molar-refractivity contribution in [2.45, 2.75) is 348 Å². The van der Waals surface area contributed by atoms with Gasteiger partial charge in [-0.2, -0.15) is 0 Å². The third-order valence-electron chi connectivity index (χ3n) is 14.3. The Morgan fingerprint density at radius 1 is 0.288 bits per heavy atom. The van der Waals surface area contributed by atoms with Crippen molar-refractivity contribution in [3.05, 3.63) is 48.6 Å². The molecule has 0 bridgehead atoms. The Bertz CT molecular complexity index is 1270. The first-order valence-corrected chi connectivity index (χ1v) is 32.1. The molecule has 6 nitrogen and oxygen atoms in total. The number of unbranched alkanes of at least 4 members (excludes halogenated alkanes) is 40. The molecule has 0 saturated heterocycles. The first kappa shape index (κ1) is 70.4. The molecule has 6 heteroatoms. The molecule has 0 aromatic rings. The van der Waals surface area contributed by atoms with Crippen molar-refractivity contribution in [2.24, 2.45) is 0 Å². The molecule has 0 aromatic heterocycles. The molecule has 0 heterocycles. The van der Waals surface area contributed by atoms with E-state index in [1.165, 1.54) is 205 Å². The van der Waals surface area contributed by atoms with Gasteiger partial charge in [0.2, 0.25) is 0 Å². The molecule has 0 aliphatic carbocycles. The van der Waals surface area contributed by atoms with E-state index in [0.717, 1.165) is 96.3 Å². The Labute approximate surface area is 454 Å². The van der Waals surface area contributed by atoms with E-state index < -0.39 is 6.10 Å². The molecule has 0 aliphatic rings. The van der Waals surface area contributed by atoms with Gasteiger partial charge in [-0.25, -0.2) is 0 Å². The van der Waals surface area contributed by atoms with Gasteiger partial charge in [0.25, 0.3) is 0 Å². The number of hydrogen-bond donors (Lipinski definition) is 0. The third-order valence-corrected chi connectivity index (χ3v) is 14.3. The molecule has 1 unspecified atom stereocenters. The van der Waals surface area contributed by atoms with Crippen LogP contribution in [0, 0.1) is 0 Å². The largest absolute Gasteiger partial charge is 0.462 e. The smallest absolute Gasteiger partial charge is 0.306 e. The van der Waals surface area contributed by atoms with Crippen LogP contribution in [0.15, 0.2) is 48.6 Å². The molecule has 0 amide bonds. The van der Waals surface area contributed by atoms with Gasteiger partial charge in [-0.3, -0.25) is 14.4 Å². The van der Waals surface area contributed by atoms with E-state index in [9.17, 15) is 14.4 Å². The average Bonchev–Trinajstić information content (AvgIpc) is 3.39. The molecule has 0 saturated carbocycles. The van der Waals surface area contributed by atoms with Crippen LogP contribution < -0.4 is 0 Å². The fraction of sp³-hybridized carbons (Fsp3) is 0.836. The van der Waals surface area contributed by atoms with Crippen LogP contribution in [-0.2, 0) is 28.6 Å². The molecular weight excluding hydrogens is 901 g/mol. The average molecular weight is 1020 g/mol. The van der Waals surface area contributed by atoms with E-state index in [-0.39, 0.29) is 31.1 Å². The topological polar surface area (TPSA) is 78.9 Å². The Hall–Kier alpha value is -2.63. The van der Waals surface area contributed by atoms with Gasteiger partial charge in [0.1, 0.15) is 13.2 Å². The van der Waals surface area contributed by atoms with E-state index >= 15 is 0 Å². The number of carbonyl (C=O) groups excluding carboxylic acids is 3. The zero-order valence-corrected chi connectivity index (χ0v) is 48.9. The van der Waals surface area contributed by atoms with Crippen LogP contribution in [0.2, 0.25) is 0 Å². The quantitative estimate of drug-likeness (QED) is 0.0261. The van der Waals surface area contributed by atoms with Crippen LogP contribution in [0.5, 0.6) is 0 Å². The van der Waals surface area contributed by atoms with Crippen LogP contribution in [0.3, 0.4) is 0 Å². The van der Waals surface area contributed by atoms with E-state index in [1.54, 1.807) is 0 Å². The minimum Gasteiger partial charge on any atom is -0.462 e. The van der Waals surface area contributed by atoms with Crippen molar-refractivity contribution in [3.63, 3.8) is 0 Å². The number of carbonyl (C=O) groups is 3. The molecule has 0 aromatic carbocycles. The van der Waals surface area contributed by atoms with Gasteiger partial charge in [0.15, 0.2) is 6.10 Å². The highest BCUT2D eigenvalue weighted by Gasteiger charge is 2.19. The minimum atomic E-state index is -0.783. The Morgan fingerprint density at radius 2 is 0.534 bits per heavy atom. The summed E-state index contributed by atoms with van der Waals surface area (Å²) in [5.74, 6) is -0.880. The summed E-state index contributed by atoms with van der Waals surface area (Å²) in [5.41, 5.74) is 0. The van der Waals surface area contributed by atoms with Gasteiger partial charge in [0.05, 0.1) is 0 Å². The molecule has 0 radical (unpaired) electrons. The predicted octanol–water partition coefficient (Wildman–Crippen LogP) is 21.8. The first-order chi connectivity index (χ1) is 36.0. The second-order valence-electron chi connectivity index (χ2n) is 21.7. The highest BCUT2D eigenvalue weighted by atomic mass is 16.6. The van der Waals surface area contributed by atoms with Crippen LogP contribution in [0.1, 0.15) is 342 Å². The molecule has 0 rings (SSSR count). The molecule has 0 spiro atoms. The number of hydrogen-bond acceptors (Lipinski definition) is 6. The lowest BCUT2D eigenvalue weighted by Gasteiger charge is -2.18. The first-order valence-electron chi connectivity index (χ1n) is 32.1. The highest BCUT2D eigenvalue weighted by Crippen LogP contribution is 2.18. The van der Waals surface area contributed by atoms with Crippen LogP contribution in [-0.4, -0.2) is 37.2 Å². The molecule has 426 valence electrons. The maximum absolute atomic E-state index is 12.9. The van der Waals surface area contributed by atoms with E-state index in [2.05, 4.69) is 69.4 Å². The van der Waals surface area contributed by atoms with Gasteiger partial charge in [-0.05, 0) is 57.8 Å². The summed E-state index contributed by atoms with van der Waals surface area (Å²) >= 11 is 0. The Balaban J connectivity index is 4.28. The van der Waals surface area contributed by atoms with Gasteiger partial charge in [-0.15, -0.1) is 0 Å². The summed E-state index contributed by atoms with van der Waals surface area (Å²) in [6, 6.07) is 0. The normalized spacial score (nSPS) is 12.3. The van der Waals surface area contributed by atoms with E-state index in [0.29, 0.717) is 19.3 Å². The minimum absolute atomic E-state index is 0.0784. The number of esters is 3. The maximum Gasteiger partial charge on any atom is 0.306 e. The van der Waals surface area contributed by atoms with E-state index in [1.807, 2.05) is 0 Å². The fourth-order valence-electron chi connectivity index (χ4n) is 9.56. The van der Waals surface area contributed by atoms with Crippen molar-refractivity contribution in [1.82, 2.24) is 0 Å². The third kappa shape index (κ3) is 60.1. The monoisotopic (exact) mass is 1020 g/mol. The van der Waals surface area contributed by atoms with E-state index in [4.69, 9.17) is 14.2 Å². The highest BCUT2D eigenvalue weighted by molar-refractivity contribution is 5.71. The second kappa shape index (κ2) is 61.9. The summed E-state index contributed by atoms with van der Waals surface area (Å²) in [6.07, 6.45) is 77.0. The van der Waals surface area contributed by atoms with Crippen molar-refractivity contribution in [2.75, 3.05) is 13.2 Å². The molecule has 1 atom stereocenters. The molecule has 73 heavy (non-hydrogen) atoms. The number of rotatable bonds is 59. The van der Waals surface area contributed by atoms with Gasteiger partial charge < -0.3 is 14.2 Å². The van der Waals surface area contributed by atoms with Crippen molar-refractivity contribution < 1.29 is 28.6 Å². The lowest BCUT2D eigenvalue weighted by atomic mass is 10.0. The Morgan fingerprint density at radius 3 is 0.836 bits per heavy atom. The van der Waals surface area contributed by atoms with Crippen molar-refractivity contribution in [1.29, 1.82) is 0 Å². The number of allylic oxidation sites excluding steroid dienone is 8. The fourth-order valence-corrected chi connectivity index (χ4v) is 9.56. The second-order valence-corrected chi connectivity index (χ2v) is 21.7. The Kier molecular flexibility index (Phi) is 59.7. The summed E-state index contributed by atoms with van der Waals surface area (Å²) in [7, 11) is 0. The molecule has 0 fully saturated rings. The van der Waals surface area contributed by atoms with Crippen LogP contribution >= 0.6 is 0 Å². The SMILES string of the molecule is CC/C=C\C/C=C\C/C=C\C/C=C\CCCCCCC(=O)OC(COC(=O)CCCCCCCCCCCCCCCC)COC(=O)CCCCCCCCCCCCCCCCCCCCCCCCCC. The van der Waals surface area contributed by atoms with Crippen LogP contribution in [0.25, 0.3) is 0 Å². The lowest BCUT2D eigenvalue weighted by molar-refractivity contribution is -0.167. The maximum atomic E-state index is 12.9. The van der Waals surface area contributed by atoms with Gasteiger partial charge >= 0.3 is 17.9 Å². The zero-order chi connectivity index (χ0) is 52.9. The standard InChI is InChI=1S/C67H122O6/c1-4-7-10-13-16-19-22-25-28-30-31-32-33-34-35-36-38-39-42-45-48-51-54-57-60-66(69)72-63-64(62-71-65(68)59-56-53-50-47-44-41-27-24-21-18-15-12-9-6-3)73-67(70)61-58-55-52-49-46-43-40-37-29-26-23-20-17-14-11-8-5-2/h8,11,17,20,26,29,40,43,64H,4-7,9-10,12-16,18-19,21-25,27-28,30-39,41-42,44-63H2,1-3H3/b11-8-,20-17-,29-26-,43-40-. The lowest BCUT2D eigenvalue weighted by Crippen LogP contribution is -2.30. The van der Waals surface area contributed by atoms with Crippen molar-refractivity contribution >= 4 is 17.9 Å². The molecular formula is C67H122O6. The summed E-state index contributed by atoms with van der Waals surface area (Å²) in [4.78, 5) is 38.3. The van der Waals surface area contributed by atoms with Crippen LogP contribution in [0.4, 0.5) is 0 Å². The van der Waals surface area contributed by atoms with Gasteiger partial charge in [0, 0.05) is 19.3 Å². The molecule has 0 aliphatic heterocycles. The summed E-state index contributed by atoms with van der Waals surface area (Å²) < 4.78 is 16.9. The molecule has 0 N–H and O–H groups in total. The van der Waals surface area contributed by atoms with Crippen molar-refractivity contribution in [3.8, 4) is 0 Å². The zero-order valence-electron chi connectivity index (χ0n) is 48.9. The summed E-state index contributed by atoms with van der Waals surface area (Å²) in [6.45, 7) is 6.56. The number of ether oxygens (including phenoxy) is 3. The van der Waals surface area contributed by atoms with Gasteiger partial charge in [-0.1, -0.05) is 313 Å².